The van der Waals surface area contributed by atoms with Crippen LogP contribution in [0.4, 0.5) is 17.1 Å². The van der Waals surface area contributed by atoms with Gasteiger partial charge in [0.1, 0.15) is 0 Å². The zero-order chi connectivity index (χ0) is 12.3. The first kappa shape index (κ1) is 11.0. The average molecular weight is 223 g/mol. The van der Waals surface area contributed by atoms with Gasteiger partial charge < -0.3 is 10.6 Å². The number of hydrogen-bond donors (Lipinski definition) is 1. The summed E-state index contributed by atoms with van der Waals surface area (Å²) >= 11 is 0. The van der Waals surface area contributed by atoms with Gasteiger partial charge in [0.05, 0.1) is 23.0 Å². The molecular formula is C14H13N3. The molecule has 2 N–H and O–H groups in total. The second-order valence-electron chi connectivity index (χ2n) is 3.78. The Morgan fingerprint density at radius 2 is 1.82 bits per heavy atom. The monoisotopic (exact) mass is 223 g/mol. The fourth-order valence-corrected chi connectivity index (χ4v) is 1.69. The van der Waals surface area contributed by atoms with Crippen molar-refractivity contribution >= 4 is 17.1 Å². The van der Waals surface area contributed by atoms with Crippen molar-refractivity contribution in [2.75, 3.05) is 17.7 Å². The lowest BCUT2D eigenvalue weighted by molar-refractivity contribution is 1.21. The predicted molar refractivity (Wildman–Crippen MR) is 70.1 cm³/mol. The second kappa shape index (κ2) is 4.58. The third-order valence-electron chi connectivity index (χ3n) is 2.66. The Hall–Kier alpha value is -2.47. The van der Waals surface area contributed by atoms with Crippen molar-refractivity contribution in [3.05, 3.63) is 54.1 Å². The van der Waals surface area contributed by atoms with Gasteiger partial charge in [0.2, 0.25) is 0 Å². The van der Waals surface area contributed by atoms with E-state index in [1.54, 1.807) is 18.2 Å². The number of hydrogen-bond acceptors (Lipinski definition) is 3. The van der Waals surface area contributed by atoms with Gasteiger partial charge >= 0.3 is 0 Å². The van der Waals surface area contributed by atoms with Crippen LogP contribution < -0.4 is 10.6 Å². The van der Waals surface area contributed by atoms with E-state index >= 15 is 0 Å². The fourth-order valence-electron chi connectivity index (χ4n) is 1.69. The Bertz CT molecular complexity index is 555. The maximum Gasteiger partial charge on any atom is 0.0992 e. The van der Waals surface area contributed by atoms with E-state index in [9.17, 15) is 0 Å². The van der Waals surface area contributed by atoms with Gasteiger partial charge in [-0.25, -0.2) is 0 Å². The molecule has 2 aromatic carbocycles. The minimum Gasteiger partial charge on any atom is -0.397 e. The zero-order valence-electron chi connectivity index (χ0n) is 9.59. The van der Waals surface area contributed by atoms with E-state index in [-0.39, 0.29) is 0 Å². The largest absolute Gasteiger partial charge is 0.397 e. The number of para-hydroxylation sites is 1. The van der Waals surface area contributed by atoms with Crippen molar-refractivity contribution in [3.63, 3.8) is 0 Å². The Balaban J connectivity index is 2.44. The van der Waals surface area contributed by atoms with E-state index in [4.69, 9.17) is 11.0 Å². The normalized spacial score (nSPS) is 9.65. The number of nitrogen functional groups attached to an aromatic ring is 1. The van der Waals surface area contributed by atoms with Crippen molar-refractivity contribution in [2.45, 2.75) is 0 Å². The minimum absolute atomic E-state index is 0.608. The molecule has 17 heavy (non-hydrogen) atoms. The van der Waals surface area contributed by atoms with E-state index in [2.05, 4.69) is 6.07 Å². The number of nitrogens with two attached hydrogens (primary N) is 1. The molecule has 0 radical (unpaired) electrons. The summed E-state index contributed by atoms with van der Waals surface area (Å²) in [6.07, 6.45) is 0. The molecule has 2 rings (SSSR count). The molecule has 0 bridgehead atoms. The molecule has 0 spiro atoms. The van der Waals surface area contributed by atoms with Crippen molar-refractivity contribution in [1.82, 2.24) is 0 Å². The summed E-state index contributed by atoms with van der Waals surface area (Å²) in [5, 5.41) is 8.90. The van der Waals surface area contributed by atoms with Crippen LogP contribution in [0.25, 0.3) is 0 Å². The highest BCUT2D eigenvalue weighted by atomic mass is 15.1. The Labute approximate surface area is 101 Å². The lowest BCUT2D eigenvalue weighted by Gasteiger charge is -2.21. The van der Waals surface area contributed by atoms with Crippen LogP contribution in [0.2, 0.25) is 0 Å². The van der Waals surface area contributed by atoms with Crippen molar-refractivity contribution < 1.29 is 0 Å². The molecule has 0 heterocycles. The highest BCUT2D eigenvalue weighted by Crippen LogP contribution is 2.29. The standard InChI is InChI=1S/C14H13N3/c1-17(12-5-3-2-4-6-12)14-9-11(10-15)7-8-13(14)16/h2-9H,16H2,1H3. The van der Waals surface area contributed by atoms with Crippen LogP contribution in [0.15, 0.2) is 48.5 Å². The molecular weight excluding hydrogens is 210 g/mol. The predicted octanol–water partition coefficient (Wildman–Crippen LogP) is 2.91. The number of nitrogens with zero attached hydrogens (tertiary/aromatic N) is 2. The van der Waals surface area contributed by atoms with E-state index in [0.717, 1.165) is 11.4 Å². The van der Waals surface area contributed by atoms with Crippen LogP contribution in [0.3, 0.4) is 0 Å². The van der Waals surface area contributed by atoms with Crippen LogP contribution in [0.5, 0.6) is 0 Å². The van der Waals surface area contributed by atoms with Gasteiger partial charge in [0.25, 0.3) is 0 Å². The maximum absolute atomic E-state index is 8.90. The van der Waals surface area contributed by atoms with Crippen LogP contribution >= 0.6 is 0 Å². The quantitative estimate of drug-likeness (QED) is 0.796. The van der Waals surface area contributed by atoms with Gasteiger partial charge in [-0.3, -0.25) is 0 Å². The molecule has 0 aliphatic carbocycles. The van der Waals surface area contributed by atoms with Crippen molar-refractivity contribution in [1.29, 1.82) is 5.26 Å². The SMILES string of the molecule is CN(c1ccccc1)c1cc(C#N)ccc1N. The van der Waals surface area contributed by atoms with Crippen molar-refractivity contribution in [3.8, 4) is 6.07 Å². The van der Waals surface area contributed by atoms with Crippen LogP contribution in [0.1, 0.15) is 5.56 Å². The van der Waals surface area contributed by atoms with E-state index < -0.39 is 0 Å². The molecule has 3 nitrogen and oxygen atoms in total. The topological polar surface area (TPSA) is 53.0 Å². The van der Waals surface area contributed by atoms with E-state index in [0.29, 0.717) is 11.3 Å². The molecule has 0 saturated carbocycles. The third kappa shape index (κ3) is 2.21. The molecule has 0 amide bonds. The summed E-state index contributed by atoms with van der Waals surface area (Å²) in [6, 6.07) is 17.3. The summed E-state index contributed by atoms with van der Waals surface area (Å²) < 4.78 is 0. The zero-order valence-corrected chi connectivity index (χ0v) is 9.59. The molecule has 0 unspecified atom stereocenters. The summed E-state index contributed by atoms with van der Waals surface area (Å²) in [5.74, 6) is 0. The molecule has 3 heteroatoms. The van der Waals surface area contributed by atoms with Gasteiger partial charge in [0.15, 0.2) is 0 Å². The third-order valence-corrected chi connectivity index (χ3v) is 2.66. The van der Waals surface area contributed by atoms with Crippen molar-refractivity contribution in [2.24, 2.45) is 0 Å². The average Bonchev–Trinajstić information content (AvgIpc) is 2.39. The first-order valence-electron chi connectivity index (χ1n) is 5.31. The van der Waals surface area contributed by atoms with Crippen LogP contribution in [-0.2, 0) is 0 Å². The number of nitriles is 1. The van der Waals surface area contributed by atoms with Gasteiger partial charge in [-0.1, -0.05) is 18.2 Å². The number of rotatable bonds is 2. The number of anilines is 3. The number of benzene rings is 2. The summed E-state index contributed by atoms with van der Waals surface area (Å²) in [5.41, 5.74) is 9.08. The van der Waals surface area contributed by atoms with Gasteiger partial charge in [0, 0.05) is 12.7 Å². The molecule has 0 atom stereocenters. The molecule has 0 aliphatic heterocycles. The summed E-state index contributed by atoms with van der Waals surface area (Å²) in [7, 11) is 1.93. The molecule has 0 saturated heterocycles. The first-order valence-corrected chi connectivity index (χ1v) is 5.31. The fraction of sp³-hybridized carbons (Fsp3) is 0.0714. The molecule has 0 aliphatic rings. The minimum atomic E-state index is 0.608. The highest BCUT2D eigenvalue weighted by molar-refractivity contribution is 5.75. The molecule has 84 valence electrons. The summed E-state index contributed by atoms with van der Waals surface area (Å²) in [6.45, 7) is 0. The van der Waals surface area contributed by atoms with Gasteiger partial charge in [-0.05, 0) is 30.3 Å². The highest BCUT2D eigenvalue weighted by Gasteiger charge is 2.07. The molecule has 2 aromatic rings. The van der Waals surface area contributed by atoms with E-state index in [1.807, 2.05) is 42.3 Å². The maximum atomic E-state index is 8.90. The smallest absolute Gasteiger partial charge is 0.0992 e. The Morgan fingerprint density at radius 3 is 2.47 bits per heavy atom. The summed E-state index contributed by atoms with van der Waals surface area (Å²) in [4.78, 5) is 1.97. The Morgan fingerprint density at radius 1 is 1.12 bits per heavy atom. The van der Waals surface area contributed by atoms with Gasteiger partial charge in [-0.15, -0.1) is 0 Å². The van der Waals surface area contributed by atoms with Gasteiger partial charge in [-0.2, -0.15) is 5.26 Å². The molecule has 0 aromatic heterocycles. The van der Waals surface area contributed by atoms with Crippen LogP contribution in [-0.4, -0.2) is 7.05 Å². The van der Waals surface area contributed by atoms with Crippen LogP contribution in [0, 0.1) is 11.3 Å². The second-order valence-corrected chi connectivity index (χ2v) is 3.78. The first-order chi connectivity index (χ1) is 8.22. The molecule has 0 fully saturated rings. The lowest BCUT2D eigenvalue weighted by Crippen LogP contribution is -2.11. The van der Waals surface area contributed by atoms with E-state index in [1.165, 1.54) is 0 Å². The Kier molecular flexibility index (Phi) is 2.97. The lowest BCUT2D eigenvalue weighted by atomic mass is 10.1.